The zero-order chi connectivity index (χ0) is 18.1. The number of anilines is 2. The smallest absolute Gasteiger partial charge is 0.174 e. The Morgan fingerprint density at radius 3 is 2.19 bits per heavy atom. The molecule has 0 atom stereocenters. The third-order valence-electron chi connectivity index (χ3n) is 4.48. The minimum absolute atomic E-state index is 0.755. The predicted molar refractivity (Wildman–Crippen MR) is 105 cm³/mol. The first-order valence-corrected chi connectivity index (χ1v) is 9.36. The Balaban J connectivity index is 1.48. The van der Waals surface area contributed by atoms with Crippen molar-refractivity contribution >= 4 is 27.6 Å². The van der Waals surface area contributed by atoms with Gasteiger partial charge in [0.05, 0.1) is 18.1 Å². The fourth-order valence-corrected chi connectivity index (χ4v) is 3.42. The molecule has 1 aliphatic heterocycles. The Hall–Kier alpha value is -2.48. The van der Waals surface area contributed by atoms with E-state index in [1.165, 1.54) is 0 Å². The Kier molecular flexibility index (Phi) is 4.58. The Labute approximate surface area is 160 Å². The molecule has 3 aromatic rings. The van der Waals surface area contributed by atoms with Crippen LogP contribution in [0.1, 0.15) is 11.4 Å². The molecule has 0 saturated carbocycles. The van der Waals surface area contributed by atoms with E-state index < -0.39 is 0 Å². The van der Waals surface area contributed by atoms with Gasteiger partial charge >= 0.3 is 0 Å². The number of hydrogen-bond donors (Lipinski definition) is 0. The molecule has 0 aromatic carbocycles. The molecule has 3 aromatic heterocycles. The van der Waals surface area contributed by atoms with Gasteiger partial charge in [-0.05, 0) is 48.0 Å². The summed E-state index contributed by atoms with van der Waals surface area (Å²) in [5.74, 6) is 2.65. The van der Waals surface area contributed by atoms with Crippen molar-refractivity contribution < 1.29 is 0 Å². The van der Waals surface area contributed by atoms with Crippen molar-refractivity contribution in [3.05, 3.63) is 52.7 Å². The molecule has 0 unspecified atom stereocenters. The van der Waals surface area contributed by atoms with E-state index in [-0.39, 0.29) is 0 Å². The maximum Gasteiger partial charge on any atom is 0.174 e. The molecule has 7 nitrogen and oxygen atoms in total. The molecular weight excluding hydrogens is 394 g/mol. The monoisotopic (exact) mass is 413 g/mol. The lowest BCUT2D eigenvalue weighted by atomic mass is 10.3. The van der Waals surface area contributed by atoms with Gasteiger partial charge in [-0.25, -0.2) is 14.6 Å². The summed E-state index contributed by atoms with van der Waals surface area (Å²) in [6, 6.07) is 6.11. The van der Waals surface area contributed by atoms with Gasteiger partial charge in [-0.1, -0.05) is 0 Å². The molecule has 4 rings (SSSR count). The standard InChI is InChI=1S/C18H20BrN7/c1-13-9-14(2)26(23-13)18-12-20-11-17(22-18)25-7-5-24(6-8-25)16-4-3-15(19)10-21-16/h3-4,9-12H,5-8H2,1-2H3. The van der Waals surface area contributed by atoms with Crippen LogP contribution >= 0.6 is 15.9 Å². The topological polar surface area (TPSA) is 63.0 Å². The number of aromatic nitrogens is 5. The first kappa shape index (κ1) is 17.0. The lowest BCUT2D eigenvalue weighted by Crippen LogP contribution is -2.47. The maximum atomic E-state index is 4.77. The van der Waals surface area contributed by atoms with E-state index in [9.17, 15) is 0 Å². The average Bonchev–Trinajstić information content (AvgIpc) is 3.01. The second kappa shape index (κ2) is 7.03. The minimum Gasteiger partial charge on any atom is -0.353 e. The minimum atomic E-state index is 0.755. The lowest BCUT2D eigenvalue weighted by molar-refractivity contribution is 0.638. The van der Waals surface area contributed by atoms with Crippen LogP contribution in [0.3, 0.4) is 0 Å². The molecule has 0 aliphatic carbocycles. The van der Waals surface area contributed by atoms with Gasteiger partial charge < -0.3 is 9.80 Å². The van der Waals surface area contributed by atoms with E-state index in [4.69, 9.17) is 4.98 Å². The number of halogens is 1. The van der Waals surface area contributed by atoms with E-state index in [0.717, 1.165) is 59.5 Å². The van der Waals surface area contributed by atoms with Crippen molar-refractivity contribution in [2.45, 2.75) is 13.8 Å². The number of hydrogen-bond acceptors (Lipinski definition) is 6. The quantitative estimate of drug-likeness (QED) is 0.657. The summed E-state index contributed by atoms with van der Waals surface area (Å²) < 4.78 is 2.84. The SMILES string of the molecule is Cc1cc(C)n(-c2cncc(N3CCN(c4ccc(Br)cn4)CC3)n2)n1. The summed E-state index contributed by atoms with van der Waals surface area (Å²) in [4.78, 5) is 18.2. The van der Waals surface area contributed by atoms with Crippen molar-refractivity contribution in [3.8, 4) is 5.82 Å². The summed E-state index contributed by atoms with van der Waals surface area (Å²) in [7, 11) is 0. The van der Waals surface area contributed by atoms with Crippen LogP contribution in [0.25, 0.3) is 5.82 Å². The third-order valence-corrected chi connectivity index (χ3v) is 4.94. The van der Waals surface area contributed by atoms with E-state index in [1.54, 1.807) is 6.20 Å². The van der Waals surface area contributed by atoms with Gasteiger partial charge in [0, 0.05) is 42.5 Å². The summed E-state index contributed by atoms with van der Waals surface area (Å²) in [6.45, 7) is 7.58. The molecule has 134 valence electrons. The number of pyridine rings is 1. The summed E-state index contributed by atoms with van der Waals surface area (Å²) in [5, 5.41) is 4.50. The number of rotatable bonds is 3. The molecule has 1 fully saturated rings. The third kappa shape index (κ3) is 3.41. The fourth-order valence-electron chi connectivity index (χ4n) is 3.18. The Morgan fingerprint density at radius 1 is 0.885 bits per heavy atom. The zero-order valence-electron chi connectivity index (χ0n) is 14.8. The molecule has 1 aliphatic rings. The van der Waals surface area contributed by atoms with Gasteiger partial charge in [0.1, 0.15) is 11.6 Å². The van der Waals surface area contributed by atoms with Crippen LogP contribution in [0.2, 0.25) is 0 Å². The fraction of sp³-hybridized carbons (Fsp3) is 0.333. The molecule has 1 saturated heterocycles. The van der Waals surface area contributed by atoms with Crippen LogP contribution in [-0.4, -0.2) is 50.9 Å². The van der Waals surface area contributed by atoms with Crippen molar-refractivity contribution in [1.82, 2.24) is 24.7 Å². The van der Waals surface area contributed by atoms with E-state index >= 15 is 0 Å². The van der Waals surface area contributed by atoms with Crippen LogP contribution < -0.4 is 9.80 Å². The Bertz CT molecular complexity index is 898. The molecule has 0 radical (unpaired) electrons. The van der Waals surface area contributed by atoms with Gasteiger partial charge in [0.2, 0.25) is 0 Å². The predicted octanol–water partition coefficient (Wildman–Crippen LogP) is 2.76. The van der Waals surface area contributed by atoms with Crippen molar-refractivity contribution in [2.75, 3.05) is 36.0 Å². The van der Waals surface area contributed by atoms with E-state index in [0.29, 0.717) is 0 Å². The second-order valence-electron chi connectivity index (χ2n) is 6.38. The Morgan fingerprint density at radius 2 is 1.58 bits per heavy atom. The van der Waals surface area contributed by atoms with Gasteiger partial charge in [0.15, 0.2) is 5.82 Å². The molecule has 8 heteroatoms. The highest BCUT2D eigenvalue weighted by Gasteiger charge is 2.20. The van der Waals surface area contributed by atoms with Crippen molar-refractivity contribution in [1.29, 1.82) is 0 Å². The highest BCUT2D eigenvalue weighted by atomic mass is 79.9. The van der Waals surface area contributed by atoms with Crippen LogP contribution in [-0.2, 0) is 0 Å². The molecule has 0 spiro atoms. The van der Waals surface area contributed by atoms with Gasteiger partial charge in [-0.15, -0.1) is 0 Å². The summed E-state index contributed by atoms with van der Waals surface area (Å²) >= 11 is 3.43. The zero-order valence-corrected chi connectivity index (χ0v) is 16.4. The molecular formula is C18H20BrN7. The number of piperazine rings is 1. The largest absolute Gasteiger partial charge is 0.353 e. The van der Waals surface area contributed by atoms with Gasteiger partial charge in [0.25, 0.3) is 0 Å². The number of aryl methyl sites for hydroxylation is 2. The summed E-state index contributed by atoms with van der Waals surface area (Å²) in [6.07, 6.45) is 5.42. The number of nitrogens with zero attached hydrogens (tertiary/aromatic N) is 7. The summed E-state index contributed by atoms with van der Waals surface area (Å²) in [5.41, 5.74) is 2.03. The van der Waals surface area contributed by atoms with Gasteiger partial charge in [-0.2, -0.15) is 5.10 Å². The van der Waals surface area contributed by atoms with E-state index in [1.807, 2.05) is 49.1 Å². The van der Waals surface area contributed by atoms with Crippen LogP contribution in [0.4, 0.5) is 11.6 Å². The van der Waals surface area contributed by atoms with E-state index in [2.05, 4.69) is 40.8 Å². The maximum absolute atomic E-state index is 4.77. The normalized spacial score (nSPS) is 14.7. The highest BCUT2D eigenvalue weighted by molar-refractivity contribution is 9.10. The van der Waals surface area contributed by atoms with Crippen LogP contribution in [0, 0.1) is 13.8 Å². The van der Waals surface area contributed by atoms with Crippen LogP contribution in [0.5, 0.6) is 0 Å². The second-order valence-corrected chi connectivity index (χ2v) is 7.30. The first-order valence-electron chi connectivity index (χ1n) is 8.57. The highest BCUT2D eigenvalue weighted by Crippen LogP contribution is 2.20. The van der Waals surface area contributed by atoms with Crippen molar-refractivity contribution in [3.63, 3.8) is 0 Å². The van der Waals surface area contributed by atoms with Crippen LogP contribution in [0.15, 0.2) is 41.3 Å². The molecule has 0 amide bonds. The molecule has 26 heavy (non-hydrogen) atoms. The first-order chi connectivity index (χ1) is 12.6. The molecule has 4 heterocycles. The van der Waals surface area contributed by atoms with Gasteiger partial charge in [-0.3, -0.25) is 4.98 Å². The lowest BCUT2D eigenvalue weighted by Gasteiger charge is -2.36. The molecule has 0 bridgehead atoms. The van der Waals surface area contributed by atoms with Crippen molar-refractivity contribution in [2.24, 2.45) is 0 Å². The molecule has 0 N–H and O–H groups in total. The average molecular weight is 414 g/mol.